The molecule has 0 amide bonds. The quantitative estimate of drug-likeness (QED) is 0.627. The van der Waals surface area contributed by atoms with Crippen molar-refractivity contribution < 1.29 is 0 Å². The van der Waals surface area contributed by atoms with Crippen LogP contribution >= 0.6 is 0 Å². The molecule has 0 heterocycles. The van der Waals surface area contributed by atoms with E-state index in [4.69, 9.17) is 0 Å². The van der Waals surface area contributed by atoms with Gasteiger partial charge < -0.3 is 5.32 Å². The van der Waals surface area contributed by atoms with E-state index in [1.54, 1.807) is 0 Å². The Kier molecular flexibility index (Phi) is 5.56. The Morgan fingerprint density at radius 1 is 1.25 bits per heavy atom. The smallest absolute Gasteiger partial charge is 0.0000124 e. The van der Waals surface area contributed by atoms with E-state index in [9.17, 15) is 0 Å². The van der Waals surface area contributed by atoms with Crippen molar-refractivity contribution in [3.8, 4) is 0 Å². The topological polar surface area (TPSA) is 12.0 Å². The van der Waals surface area contributed by atoms with Crippen LogP contribution in [0.1, 0.15) is 47.5 Å². The molecule has 0 aromatic heterocycles. The van der Waals surface area contributed by atoms with Gasteiger partial charge in [0.2, 0.25) is 0 Å². The Balaban J connectivity index is 3.22. The molecule has 12 heavy (non-hydrogen) atoms. The molecule has 0 aliphatic rings. The zero-order chi connectivity index (χ0) is 9.61. The molecule has 0 saturated heterocycles. The van der Waals surface area contributed by atoms with E-state index >= 15 is 0 Å². The number of hydrogen-bond acceptors (Lipinski definition) is 1. The summed E-state index contributed by atoms with van der Waals surface area (Å²) in [4.78, 5) is 0. The average molecular weight is 171 g/mol. The van der Waals surface area contributed by atoms with E-state index < -0.39 is 0 Å². The van der Waals surface area contributed by atoms with Gasteiger partial charge in [0.05, 0.1) is 0 Å². The minimum atomic E-state index is 0.426. The molecular formula is C11H25N. The molecule has 74 valence electrons. The van der Waals surface area contributed by atoms with Crippen LogP contribution in [0.2, 0.25) is 0 Å². The van der Waals surface area contributed by atoms with Crippen molar-refractivity contribution in [3.05, 3.63) is 0 Å². The zero-order valence-electron chi connectivity index (χ0n) is 9.41. The van der Waals surface area contributed by atoms with Gasteiger partial charge in [0.1, 0.15) is 0 Å². The molecule has 0 aliphatic carbocycles. The fourth-order valence-electron chi connectivity index (χ4n) is 1.02. The van der Waals surface area contributed by atoms with E-state index in [0.717, 1.165) is 12.5 Å². The molecule has 1 N–H and O–H groups in total. The summed E-state index contributed by atoms with van der Waals surface area (Å²) in [5.74, 6) is 0.873. The molecule has 1 nitrogen and oxygen atoms in total. The van der Waals surface area contributed by atoms with Crippen molar-refractivity contribution >= 4 is 0 Å². The van der Waals surface area contributed by atoms with E-state index in [1.807, 2.05) is 0 Å². The van der Waals surface area contributed by atoms with E-state index in [0.29, 0.717) is 5.41 Å². The zero-order valence-corrected chi connectivity index (χ0v) is 9.41. The Morgan fingerprint density at radius 3 is 2.25 bits per heavy atom. The standard InChI is InChI=1S/C11H25N/c1-6-10(2)7-8-12-9-11(3,4)5/h10,12H,6-9H2,1-5H3. The monoisotopic (exact) mass is 171 g/mol. The third kappa shape index (κ3) is 8.06. The van der Waals surface area contributed by atoms with Crippen molar-refractivity contribution in [3.63, 3.8) is 0 Å². The Morgan fingerprint density at radius 2 is 1.83 bits per heavy atom. The van der Waals surface area contributed by atoms with Crippen LogP contribution in [0, 0.1) is 11.3 Å². The van der Waals surface area contributed by atoms with Gasteiger partial charge in [-0.2, -0.15) is 0 Å². The van der Waals surface area contributed by atoms with Crippen molar-refractivity contribution in [2.24, 2.45) is 11.3 Å². The second-order valence-corrected chi connectivity index (χ2v) is 5.04. The first-order valence-corrected chi connectivity index (χ1v) is 5.16. The number of rotatable bonds is 5. The fourth-order valence-corrected chi connectivity index (χ4v) is 1.02. The summed E-state index contributed by atoms with van der Waals surface area (Å²) in [6.45, 7) is 13.7. The molecule has 0 aromatic carbocycles. The van der Waals surface area contributed by atoms with Crippen LogP contribution in [0.5, 0.6) is 0 Å². The highest BCUT2D eigenvalue weighted by molar-refractivity contribution is 4.65. The molecule has 1 atom stereocenters. The van der Waals surface area contributed by atoms with Crippen LogP contribution in [0.4, 0.5) is 0 Å². The normalized spacial score (nSPS) is 14.8. The predicted molar refractivity (Wildman–Crippen MR) is 56.4 cm³/mol. The second-order valence-electron chi connectivity index (χ2n) is 5.04. The summed E-state index contributed by atoms with van der Waals surface area (Å²) in [5.41, 5.74) is 0.426. The van der Waals surface area contributed by atoms with Crippen molar-refractivity contribution in [2.75, 3.05) is 13.1 Å². The maximum absolute atomic E-state index is 3.49. The third-order valence-corrected chi connectivity index (χ3v) is 2.17. The Hall–Kier alpha value is -0.0400. The number of nitrogens with one attached hydrogen (secondary N) is 1. The molecular weight excluding hydrogens is 146 g/mol. The summed E-state index contributed by atoms with van der Waals surface area (Å²) in [7, 11) is 0. The lowest BCUT2D eigenvalue weighted by molar-refractivity contribution is 0.368. The van der Waals surface area contributed by atoms with Gasteiger partial charge in [-0.15, -0.1) is 0 Å². The summed E-state index contributed by atoms with van der Waals surface area (Å²) in [5, 5.41) is 3.49. The minimum Gasteiger partial charge on any atom is -0.316 e. The van der Waals surface area contributed by atoms with Gasteiger partial charge in [0.15, 0.2) is 0 Å². The average Bonchev–Trinajstić information content (AvgIpc) is 1.96. The van der Waals surface area contributed by atoms with Gasteiger partial charge in [-0.1, -0.05) is 41.0 Å². The van der Waals surface area contributed by atoms with Gasteiger partial charge in [-0.05, 0) is 30.8 Å². The van der Waals surface area contributed by atoms with Crippen LogP contribution in [0.25, 0.3) is 0 Å². The molecule has 0 aliphatic heterocycles. The van der Waals surface area contributed by atoms with Crippen LogP contribution < -0.4 is 5.32 Å². The van der Waals surface area contributed by atoms with Crippen LogP contribution in [-0.2, 0) is 0 Å². The molecule has 0 fully saturated rings. The minimum absolute atomic E-state index is 0.426. The first-order valence-electron chi connectivity index (χ1n) is 5.16. The SMILES string of the molecule is CCC(C)CCNCC(C)(C)C. The van der Waals surface area contributed by atoms with E-state index in [-0.39, 0.29) is 0 Å². The van der Waals surface area contributed by atoms with Crippen LogP contribution in [-0.4, -0.2) is 13.1 Å². The lowest BCUT2D eigenvalue weighted by Crippen LogP contribution is -2.28. The van der Waals surface area contributed by atoms with Gasteiger partial charge in [-0.25, -0.2) is 0 Å². The van der Waals surface area contributed by atoms with Gasteiger partial charge in [-0.3, -0.25) is 0 Å². The summed E-state index contributed by atoms with van der Waals surface area (Å²) < 4.78 is 0. The van der Waals surface area contributed by atoms with Crippen molar-refractivity contribution in [1.82, 2.24) is 5.32 Å². The largest absolute Gasteiger partial charge is 0.316 e. The number of hydrogen-bond donors (Lipinski definition) is 1. The highest BCUT2D eigenvalue weighted by Crippen LogP contribution is 2.10. The lowest BCUT2D eigenvalue weighted by Gasteiger charge is -2.19. The van der Waals surface area contributed by atoms with Crippen molar-refractivity contribution in [1.29, 1.82) is 0 Å². The lowest BCUT2D eigenvalue weighted by atomic mass is 9.97. The first-order chi connectivity index (χ1) is 5.45. The van der Waals surface area contributed by atoms with Crippen molar-refractivity contribution in [2.45, 2.75) is 47.5 Å². The molecule has 0 bridgehead atoms. The predicted octanol–water partition coefficient (Wildman–Crippen LogP) is 3.06. The molecule has 0 spiro atoms. The Labute approximate surface area is 77.9 Å². The maximum Gasteiger partial charge on any atom is -0.0000124 e. The Bertz CT molecular complexity index is 102. The molecule has 0 radical (unpaired) electrons. The van der Waals surface area contributed by atoms with Gasteiger partial charge >= 0.3 is 0 Å². The third-order valence-electron chi connectivity index (χ3n) is 2.17. The molecule has 1 unspecified atom stereocenters. The molecule has 0 aromatic rings. The highest BCUT2D eigenvalue weighted by Gasteiger charge is 2.08. The van der Waals surface area contributed by atoms with E-state index in [1.165, 1.54) is 19.4 Å². The molecule has 0 rings (SSSR count). The molecule has 0 saturated carbocycles. The summed E-state index contributed by atoms with van der Waals surface area (Å²) >= 11 is 0. The van der Waals surface area contributed by atoms with Gasteiger partial charge in [0.25, 0.3) is 0 Å². The van der Waals surface area contributed by atoms with Crippen LogP contribution in [0.15, 0.2) is 0 Å². The summed E-state index contributed by atoms with van der Waals surface area (Å²) in [6.07, 6.45) is 2.61. The first kappa shape index (κ1) is 12.0. The van der Waals surface area contributed by atoms with Gasteiger partial charge in [0, 0.05) is 0 Å². The second kappa shape index (κ2) is 5.58. The molecule has 1 heteroatoms. The highest BCUT2D eigenvalue weighted by atomic mass is 14.9. The van der Waals surface area contributed by atoms with E-state index in [2.05, 4.69) is 39.9 Å². The fraction of sp³-hybridized carbons (Fsp3) is 1.00. The maximum atomic E-state index is 3.49. The summed E-state index contributed by atoms with van der Waals surface area (Å²) in [6, 6.07) is 0. The van der Waals surface area contributed by atoms with Crippen LogP contribution in [0.3, 0.4) is 0 Å².